The van der Waals surface area contributed by atoms with Crippen molar-refractivity contribution in [3.63, 3.8) is 0 Å². The van der Waals surface area contributed by atoms with E-state index in [1.165, 1.54) is 4.68 Å². The summed E-state index contributed by atoms with van der Waals surface area (Å²) in [7, 11) is 1.85. The van der Waals surface area contributed by atoms with Crippen LogP contribution in [0.2, 0.25) is 0 Å². The molecule has 4 rings (SSSR count). The number of aromatic hydroxyl groups is 1. The van der Waals surface area contributed by atoms with Gasteiger partial charge >= 0.3 is 0 Å². The molecule has 116 valence electrons. The first kappa shape index (κ1) is 14.0. The Kier molecular flexibility index (Phi) is 2.99. The Labute approximate surface area is 135 Å². The normalized spacial score (nSPS) is 11.6. The minimum atomic E-state index is -0.156. The lowest BCUT2D eigenvalue weighted by Gasteiger charge is -2.06. The number of phenolic OH excluding ortho intramolecular Hbond substituents is 1. The summed E-state index contributed by atoms with van der Waals surface area (Å²) < 4.78 is 4.24. The molecule has 0 spiro atoms. The van der Waals surface area contributed by atoms with Crippen molar-refractivity contribution in [2.24, 2.45) is 7.05 Å². The number of aromatic nitrogens is 4. The summed E-state index contributed by atoms with van der Waals surface area (Å²) in [6.45, 7) is 2.27. The molecular weight excluding hydrogens is 312 g/mol. The Balaban J connectivity index is 1.91. The quantitative estimate of drug-likeness (QED) is 0.614. The van der Waals surface area contributed by atoms with E-state index in [2.05, 4.69) is 10.1 Å². The Bertz CT molecular complexity index is 1110. The summed E-state index contributed by atoms with van der Waals surface area (Å²) in [6, 6.07) is 6.83. The van der Waals surface area contributed by atoms with Crippen LogP contribution in [-0.4, -0.2) is 24.4 Å². The molecular formula is C16H14N4O2S. The Morgan fingerprint density at radius 1 is 1.35 bits per heavy atom. The van der Waals surface area contributed by atoms with Gasteiger partial charge in [0.2, 0.25) is 0 Å². The monoisotopic (exact) mass is 326 g/mol. The molecule has 7 heteroatoms. The van der Waals surface area contributed by atoms with Crippen molar-refractivity contribution in [1.29, 1.82) is 0 Å². The highest BCUT2D eigenvalue weighted by Crippen LogP contribution is 2.30. The maximum absolute atomic E-state index is 12.8. The lowest BCUT2D eigenvalue weighted by molar-refractivity contribution is 0.474. The van der Waals surface area contributed by atoms with E-state index < -0.39 is 0 Å². The zero-order valence-electron chi connectivity index (χ0n) is 12.6. The first-order valence-corrected chi connectivity index (χ1v) is 7.96. The van der Waals surface area contributed by atoms with Gasteiger partial charge in [-0.15, -0.1) is 11.3 Å². The van der Waals surface area contributed by atoms with Gasteiger partial charge in [0, 0.05) is 12.4 Å². The number of thiazole rings is 1. The van der Waals surface area contributed by atoms with Crippen LogP contribution in [0, 0.1) is 6.92 Å². The number of benzene rings is 1. The average Bonchev–Trinajstić information content (AvgIpc) is 3.00. The van der Waals surface area contributed by atoms with Crippen LogP contribution in [0.1, 0.15) is 10.6 Å². The van der Waals surface area contributed by atoms with Gasteiger partial charge in [-0.2, -0.15) is 5.10 Å². The van der Waals surface area contributed by atoms with Crippen LogP contribution in [0.5, 0.6) is 5.75 Å². The summed E-state index contributed by atoms with van der Waals surface area (Å²) in [6.07, 6.45) is 1.72. The van der Waals surface area contributed by atoms with Crippen molar-refractivity contribution >= 4 is 32.6 Å². The molecule has 0 bridgehead atoms. The first-order chi connectivity index (χ1) is 11.0. The molecule has 6 nitrogen and oxygen atoms in total. The maximum atomic E-state index is 12.8. The fourth-order valence-corrected chi connectivity index (χ4v) is 3.79. The lowest BCUT2D eigenvalue weighted by Crippen LogP contribution is -2.24. The Hall–Kier alpha value is -2.67. The van der Waals surface area contributed by atoms with Gasteiger partial charge in [-0.3, -0.25) is 4.79 Å². The number of aryl methyl sites for hydroxylation is 2. The van der Waals surface area contributed by atoms with Crippen molar-refractivity contribution in [2.75, 3.05) is 0 Å². The summed E-state index contributed by atoms with van der Waals surface area (Å²) >= 11 is 1.57. The Morgan fingerprint density at radius 2 is 2.17 bits per heavy atom. The largest absolute Gasteiger partial charge is 0.508 e. The predicted molar refractivity (Wildman–Crippen MR) is 90.1 cm³/mol. The van der Waals surface area contributed by atoms with Gasteiger partial charge in [0.05, 0.1) is 22.4 Å². The summed E-state index contributed by atoms with van der Waals surface area (Å²) in [5.74, 6) is 0.177. The Morgan fingerprint density at radius 3 is 2.96 bits per heavy atom. The number of phenols is 1. The van der Waals surface area contributed by atoms with E-state index >= 15 is 0 Å². The number of fused-ring (bicyclic) bond motifs is 3. The molecule has 3 heterocycles. The van der Waals surface area contributed by atoms with Gasteiger partial charge in [0.15, 0.2) is 5.65 Å². The smallest absolute Gasteiger partial charge is 0.291 e. The standard InChI is InChI=1S/C16H14N4O2S/c1-9-18-15-14(23-9)12-7-17-20(16(22)13(12)19(15)2)8-10-4-3-5-11(21)6-10/h3-7,21H,8H2,1-2H3. The number of nitrogens with zero attached hydrogens (tertiary/aromatic N) is 4. The molecule has 0 aliphatic carbocycles. The van der Waals surface area contributed by atoms with Gasteiger partial charge in [0.25, 0.3) is 5.56 Å². The van der Waals surface area contributed by atoms with E-state index in [1.807, 2.05) is 24.6 Å². The first-order valence-electron chi connectivity index (χ1n) is 7.14. The van der Waals surface area contributed by atoms with Crippen LogP contribution in [0.25, 0.3) is 21.3 Å². The third-order valence-electron chi connectivity index (χ3n) is 3.88. The van der Waals surface area contributed by atoms with Gasteiger partial charge in [-0.05, 0) is 24.6 Å². The molecule has 0 aliphatic rings. The molecule has 0 aliphatic heterocycles. The molecule has 1 aromatic carbocycles. The summed E-state index contributed by atoms with van der Waals surface area (Å²) in [5, 5.41) is 15.7. The van der Waals surface area contributed by atoms with Crippen LogP contribution in [-0.2, 0) is 13.6 Å². The van der Waals surface area contributed by atoms with E-state index in [-0.39, 0.29) is 11.3 Å². The molecule has 0 saturated carbocycles. The molecule has 0 atom stereocenters. The van der Waals surface area contributed by atoms with Crippen molar-refractivity contribution in [3.8, 4) is 5.75 Å². The van der Waals surface area contributed by atoms with Gasteiger partial charge in [-0.1, -0.05) is 12.1 Å². The molecule has 1 N–H and O–H groups in total. The van der Waals surface area contributed by atoms with E-state index in [0.29, 0.717) is 12.1 Å². The van der Waals surface area contributed by atoms with E-state index in [9.17, 15) is 9.90 Å². The molecule has 0 saturated heterocycles. The molecule has 0 radical (unpaired) electrons. The highest BCUT2D eigenvalue weighted by atomic mass is 32.1. The second-order valence-electron chi connectivity index (χ2n) is 5.48. The zero-order chi connectivity index (χ0) is 16.1. The average molecular weight is 326 g/mol. The highest BCUT2D eigenvalue weighted by molar-refractivity contribution is 7.19. The second-order valence-corrected chi connectivity index (χ2v) is 6.69. The topological polar surface area (TPSA) is 72.9 Å². The number of hydrogen-bond donors (Lipinski definition) is 1. The SMILES string of the molecule is Cc1nc2c(s1)c1cnn(Cc3cccc(O)c3)c(=O)c1n2C. The highest BCUT2D eigenvalue weighted by Gasteiger charge is 2.17. The molecule has 3 aromatic heterocycles. The molecule has 0 fully saturated rings. The second kappa shape index (κ2) is 4.92. The van der Waals surface area contributed by atoms with Crippen molar-refractivity contribution in [3.05, 3.63) is 51.4 Å². The van der Waals surface area contributed by atoms with Crippen molar-refractivity contribution in [2.45, 2.75) is 13.5 Å². The third-order valence-corrected chi connectivity index (χ3v) is 4.87. The van der Waals surface area contributed by atoms with Gasteiger partial charge in [0.1, 0.15) is 11.3 Å². The van der Waals surface area contributed by atoms with Crippen LogP contribution in [0.4, 0.5) is 0 Å². The fraction of sp³-hybridized carbons (Fsp3) is 0.188. The summed E-state index contributed by atoms with van der Waals surface area (Å²) in [5.41, 5.74) is 2.09. The fourth-order valence-electron chi connectivity index (χ4n) is 2.83. The van der Waals surface area contributed by atoms with Crippen LogP contribution in [0.3, 0.4) is 0 Å². The van der Waals surface area contributed by atoms with Gasteiger partial charge in [-0.25, -0.2) is 9.67 Å². The minimum Gasteiger partial charge on any atom is -0.508 e. The number of hydrogen-bond acceptors (Lipinski definition) is 5. The summed E-state index contributed by atoms with van der Waals surface area (Å²) in [4.78, 5) is 17.3. The van der Waals surface area contributed by atoms with Gasteiger partial charge < -0.3 is 9.67 Å². The van der Waals surface area contributed by atoms with E-state index in [0.717, 1.165) is 26.3 Å². The molecule has 0 amide bonds. The molecule has 4 aromatic rings. The zero-order valence-corrected chi connectivity index (χ0v) is 13.5. The van der Waals surface area contributed by atoms with Crippen molar-refractivity contribution < 1.29 is 5.11 Å². The van der Waals surface area contributed by atoms with E-state index in [4.69, 9.17) is 0 Å². The lowest BCUT2D eigenvalue weighted by atomic mass is 10.2. The minimum absolute atomic E-state index is 0.156. The maximum Gasteiger partial charge on any atom is 0.291 e. The predicted octanol–water partition coefficient (Wildman–Crippen LogP) is 2.41. The number of rotatable bonds is 2. The van der Waals surface area contributed by atoms with Crippen LogP contribution >= 0.6 is 11.3 Å². The van der Waals surface area contributed by atoms with Crippen LogP contribution < -0.4 is 5.56 Å². The molecule has 0 unspecified atom stereocenters. The third kappa shape index (κ3) is 2.12. The van der Waals surface area contributed by atoms with Crippen molar-refractivity contribution in [1.82, 2.24) is 19.3 Å². The van der Waals surface area contributed by atoms with E-state index in [1.54, 1.807) is 35.7 Å². The van der Waals surface area contributed by atoms with Crippen LogP contribution in [0.15, 0.2) is 35.3 Å². The molecule has 23 heavy (non-hydrogen) atoms.